The van der Waals surface area contributed by atoms with Gasteiger partial charge in [0.1, 0.15) is 5.75 Å². The van der Waals surface area contributed by atoms with Crippen LogP contribution in [0.15, 0.2) is 18.2 Å². The van der Waals surface area contributed by atoms with Gasteiger partial charge in [-0.1, -0.05) is 6.92 Å². The molecule has 0 aliphatic carbocycles. The number of piperidine rings is 1. The van der Waals surface area contributed by atoms with Crippen molar-refractivity contribution >= 4 is 28.5 Å². The zero-order valence-electron chi connectivity index (χ0n) is 12.0. The number of nitrogens with one attached hydrogen (secondary N) is 2. The van der Waals surface area contributed by atoms with Crippen molar-refractivity contribution in [1.82, 2.24) is 10.6 Å². The summed E-state index contributed by atoms with van der Waals surface area (Å²) in [6, 6.07) is 5.52. The van der Waals surface area contributed by atoms with Crippen molar-refractivity contribution in [3.63, 3.8) is 0 Å². The van der Waals surface area contributed by atoms with Crippen molar-refractivity contribution in [3.8, 4) is 5.75 Å². The molecule has 110 valence electrons. The normalized spacial score (nSPS) is 17.6. The van der Waals surface area contributed by atoms with E-state index >= 15 is 0 Å². The highest BCUT2D eigenvalue weighted by Crippen LogP contribution is 2.27. The van der Waals surface area contributed by atoms with Gasteiger partial charge in [0.15, 0.2) is 0 Å². The highest BCUT2D eigenvalue weighted by Gasteiger charge is 2.27. The molecule has 4 nitrogen and oxygen atoms in total. The van der Waals surface area contributed by atoms with Crippen LogP contribution >= 0.6 is 22.6 Å². The largest absolute Gasteiger partial charge is 0.497 e. The number of hydrogen-bond acceptors (Lipinski definition) is 3. The Bertz CT molecular complexity index is 485. The van der Waals surface area contributed by atoms with E-state index in [4.69, 9.17) is 4.74 Å². The molecule has 5 heteroatoms. The lowest BCUT2D eigenvalue weighted by atomic mass is 9.81. The number of hydrogen-bond donors (Lipinski definition) is 2. The molecule has 2 rings (SSSR count). The summed E-state index contributed by atoms with van der Waals surface area (Å²) in [4.78, 5) is 12.3. The van der Waals surface area contributed by atoms with Crippen molar-refractivity contribution in [1.29, 1.82) is 0 Å². The van der Waals surface area contributed by atoms with E-state index in [1.165, 1.54) is 0 Å². The van der Waals surface area contributed by atoms with Gasteiger partial charge in [-0.05, 0) is 72.1 Å². The Morgan fingerprint density at radius 1 is 1.45 bits per heavy atom. The molecule has 2 N–H and O–H groups in total. The van der Waals surface area contributed by atoms with E-state index in [1.54, 1.807) is 7.11 Å². The van der Waals surface area contributed by atoms with Crippen LogP contribution in [-0.2, 0) is 0 Å². The number of methoxy groups -OCH3 is 1. The highest BCUT2D eigenvalue weighted by molar-refractivity contribution is 14.1. The van der Waals surface area contributed by atoms with E-state index in [2.05, 4.69) is 40.1 Å². The monoisotopic (exact) mass is 388 g/mol. The molecule has 0 aromatic heterocycles. The molecule has 1 aromatic carbocycles. The number of carbonyl (C=O) groups is 1. The molecule has 1 aliphatic heterocycles. The Kier molecular flexibility index (Phi) is 5.26. The molecule has 1 heterocycles. The molecule has 1 amide bonds. The van der Waals surface area contributed by atoms with E-state index in [-0.39, 0.29) is 11.3 Å². The van der Waals surface area contributed by atoms with Gasteiger partial charge in [0.25, 0.3) is 5.91 Å². The lowest BCUT2D eigenvalue weighted by molar-refractivity contribution is 0.0921. The van der Waals surface area contributed by atoms with Gasteiger partial charge in [0, 0.05) is 10.1 Å². The SMILES string of the molecule is COc1ccc(C(=O)NCC2(C)CCNCC2)c(I)c1. The summed E-state index contributed by atoms with van der Waals surface area (Å²) in [5.74, 6) is 0.771. The number of rotatable bonds is 4. The summed E-state index contributed by atoms with van der Waals surface area (Å²) >= 11 is 2.17. The zero-order chi connectivity index (χ0) is 14.6. The molecule has 1 saturated heterocycles. The van der Waals surface area contributed by atoms with E-state index in [0.717, 1.165) is 41.8 Å². The highest BCUT2D eigenvalue weighted by atomic mass is 127. The number of halogens is 1. The molecule has 0 saturated carbocycles. The first kappa shape index (κ1) is 15.6. The standard InChI is InChI=1S/C15H21IN2O2/c1-15(5-7-17-8-6-15)10-18-14(19)12-4-3-11(20-2)9-13(12)16/h3-4,9,17H,5-8,10H2,1-2H3,(H,18,19). The van der Waals surface area contributed by atoms with Gasteiger partial charge in [-0.2, -0.15) is 0 Å². The van der Waals surface area contributed by atoms with Crippen LogP contribution in [0.25, 0.3) is 0 Å². The molecule has 1 aliphatic rings. The van der Waals surface area contributed by atoms with E-state index in [9.17, 15) is 4.79 Å². The second kappa shape index (κ2) is 6.76. The van der Waals surface area contributed by atoms with Gasteiger partial charge in [-0.15, -0.1) is 0 Å². The fourth-order valence-electron chi connectivity index (χ4n) is 2.40. The molecule has 0 radical (unpaired) electrons. The molecule has 0 atom stereocenters. The first-order valence-corrected chi connectivity index (χ1v) is 7.94. The average Bonchev–Trinajstić information content (AvgIpc) is 2.45. The van der Waals surface area contributed by atoms with Gasteiger partial charge >= 0.3 is 0 Å². The average molecular weight is 388 g/mol. The minimum absolute atomic E-state index is 0.00295. The summed E-state index contributed by atoms with van der Waals surface area (Å²) in [7, 11) is 1.63. The number of ether oxygens (including phenoxy) is 1. The molecular formula is C15H21IN2O2. The van der Waals surface area contributed by atoms with Crippen LogP contribution < -0.4 is 15.4 Å². The molecule has 0 bridgehead atoms. The minimum Gasteiger partial charge on any atom is -0.497 e. The zero-order valence-corrected chi connectivity index (χ0v) is 14.1. The maximum atomic E-state index is 12.3. The molecule has 0 spiro atoms. The molecule has 0 unspecified atom stereocenters. The van der Waals surface area contributed by atoms with Crippen molar-refractivity contribution in [2.45, 2.75) is 19.8 Å². The predicted octanol–water partition coefficient (Wildman–Crippen LogP) is 2.42. The summed E-state index contributed by atoms with van der Waals surface area (Å²) in [5.41, 5.74) is 0.919. The quantitative estimate of drug-likeness (QED) is 0.780. The third-order valence-electron chi connectivity index (χ3n) is 3.91. The minimum atomic E-state index is -0.00295. The van der Waals surface area contributed by atoms with Crippen LogP contribution in [0, 0.1) is 8.99 Å². The first-order valence-electron chi connectivity index (χ1n) is 6.86. The summed E-state index contributed by atoms with van der Waals surface area (Å²) in [6.07, 6.45) is 2.21. The molecular weight excluding hydrogens is 367 g/mol. The topological polar surface area (TPSA) is 50.4 Å². The molecule has 20 heavy (non-hydrogen) atoms. The fourth-order valence-corrected chi connectivity index (χ4v) is 3.13. The maximum absolute atomic E-state index is 12.3. The smallest absolute Gasteiger partial charge is 0.252 e. The van der Waals surface area contributed by atoms with Gasteiger partial charge in [-0.25, -0.2) is 0 Å². The van der Waals surface area contributed by atoms with E-state index in [1.807, 2.05) is 18.2 Å². The van der Waals surface area contributed by atoms with Crippen molar-refractivity contribution in [2.24, 2.45) is 5.41 Å². The Balaban J connectivity index is 1.98. The summed E-state index contributed by atoms with van der Waals surface area (Å²) < 4.78 is 6.07. The number of carbonyl (C=O) groups excluding carboxylic acids is 1. The Morgan fingerprint density at radius 2 is 2.15 bits per heavy atom. The predicted molar refractivity (Wildman–Crippen MR) is 88.3 cm³/mol. The van der Waals surface area contributed by atoms with Crippen LogP contribution in [0.2, 0.25) is 0 Å². The molecule has 1 fully saturated rings. The van der Waals surface area contributed by atoms with Crippen molar-refractivity contribution < 1.29 is 9.53 Å². The van der Waals surface area contributed by atoms with Gasteiger partial charge in [0.2, 0.25) is 0 Å². The maximum Gasteiger partial charge on any atom is 0.252 e. The van der Waals surface area contributed by atoms with Crippen LogP contribution in [0.3, 0.4) is 0 Å². The van der Waals surface area contributed by atoms with E-state index < -0.39 is 0 Å². The number of amides is 1. The second-order valence-electron chi connectivity index (χ2n) is 5.59. The Morgan fingerprint density at radius 3 is 2.75 bits per heavy atom. The molecule has 1 aromatic rings. The van der Waals surface area contributed by atoms with E-state index in [0.29, 0.717) is 5.56 Å². The fraction of sp³-hybridized carbons (Fsp3) is 0.533. The Labute approximate surface area is 133 Å². The third kappa shape index (κ3) is 3.85. The van der Waals surface area contributed by atoms with Crippen LogP contribution in [-0.4, -0.2) is 32.7 Å². The Hall–Kier alpha value is -0.820. The lowest BCUT2D eigenvalue weighted by Gasteiger charge is -2.34. The van der Waals surface area contributed by atoms with Crippen molar-refractivity contribution in [2.75, 3.05) is 26.7 Å². The van der Waals surface area contributed by atoms with Gasteiger partial charge < -0.3 is 15.4 Å². The number of benzene rings is 1. The van der Waals surface area contributed by atoms with Crippen molar-refractivity contribution in [3.05, 3.63) is 27.3 Å². The summed E-state index contributed by atoms with van der Waals surface area (Å²) in [5, 5.41) is 6.43. The van der Waals surface area contributed by atoms with Crippen LogP contribution in [0.4, 0.5) is 0 Å². The van der Waals surface area contributed by atoms with Crippen LogP contribution in [0.5, 0.6) is 5.75 Å². The van der Waals surface area contributed by atoms with Gasteiger partial charge in [-0.3, -0.25) is 4.79 Å². The summed E-state index contributed by atoms with van der Waals surface area (Å²) in [6.45, 7) is 5.04. The van der Waals surface area contributed by atoms with Gasteiger partial charge in [0.05, 0.1) is 12.7 Å². The van der Waals surface area contributed by atoms with Crippen LogP contribution in [0.1, 0.15) is 30.1 Å². The third-order valence-corrected chi connectivity index (χ3v) is 4.80. The first-order chi connectivity index (χ1) is 9.54. The second-order valence-corrected chi connectivity index (χ2v) is 6.75. The lowest BCUT2D eigenvalue weighted by Crippen LogP contribution is -2.43.